The molecule has 0 spiro atoms. The van der Waals surface area contributed by atoms with Crippen LogP contribution in [0.3, 0.4) is 0 Å². The van der Waals surface area contributed by atoms with Gasteiger partial charge in [-0.2, -0.15) is 0 Å². The zero-order chi connectivity index (χ0) is 14.5. The van der Waals surface area contributed by atoms with E-state index in [1.807, 2.05) is 23.7 Å². The molecule has 1 N–H and O–H groups in total. The maximum Gasteiger partial charge on any atom is 0.0346 e. The van der Waals surface area contributed by atoms with E-state index in [0.29, 0.717) is 6.04 Å². The molecule has 3 heteroatoms. The average Bonchev–Trinajstić information content (AvgIpc) is 2.96. The van der Waals surface area contributed by atoms with Crippen molar-refractivity contribution in [2.45, 2.75) is 25.8 Å². The minimum atomic E-state index is 0.401. The number of aryl methyl sites for hydroxylation is 1. The monoisotopic (exact) mass is 296 g/mol. The van der Waals surface area contributed by atoms with E-state index >= 15 is 0 Å². The molecule has 0 fully saturated rings. The standard InChI is InChI=1S/C18H20N2S/c1-14(17-13-21-18-7-3-2-6-16(17)18)20-10-4-5-15-8-11-19-12-9-15/h2-3,6-9,11-14,20H,4-5,10H2,1H3. The number of hydrogen-bond acceptors (Lipinski definition) is 3. The van der Waals surface area contributed by atoms with Crippen LogP contribution < -0.4 is 5.32 Å². The van der Waals surface area contributed by atoms with Crippen LogP contribution in [0, 0.1) is 0 Å². The first-order valence-electron chi connectivity index (χ1n) is 7.43. The van der Waals surface area contributed by atoms with Gasteiger partial charge >= 0.3 is 0 Å². The number of nitrogens with zero attached hydrogens (tertiary/aromatic N) is 1. The van der Waals surface area contributed by atoms with Crippen LogP contribution in [0.2, 0.25) is 0 Å². The summed E-state index contributed by atoms with van der Waals surface area (Å²) < 4.78 is 1.37. The van der Waals surface area contributed by atoms with Crippen molar-refractivity contribution in [3.8, 4) is 0 Å². The number of thiophene rings is 1. The van der Waals surface area contributed by atoms with Crippen molar-refractivity contribution in [3.63, 3.8) is 0 Å². The number of pyridine rings is 1. The van der Waals surface area contributed by atoms with Gasteiger partial charge in [0.2, 0.25) is 0 Å². The Bertz CT molecular complexity index is 691. The predicted octanol–water partition coefficient (Wildman–Crippen LogP) is 4.58. The lowest BCUT2D eigenvalue weighted by Crippen LogP contribution is -2.20. The van der Waals surface area contributed by atoms with Gasteiger partial charge in [0, 0.05) is 23.1 Å². The molecule has 0 saturated heterocycles. The lowest BCUT2D eigenvalue weighted by atomic mass is 10.1. The first kappa shape index (κ1) is 14.2. The molecule has 0 aliphatic rings. The second-order valence-electron chi connectivity index (χ2n) is 5.32. The fourth-order valence-corrected chi connectivity index (χ4v) is 3.66. The van der Waals surface area contributed by atoms with Crippen LogP contribution in [-0.4, -0.2) is 11.5 Å². The topological polar surface area (TPSA) is 24.9 Å². The highest BCUT2D eigenvalue weighted by Gasteiger charge is 2.10. The van der Waals surface area contributed by atoms with Crippen LogP contribution in [0.5, 0.6) is 0 Å². The molecule has 108 valence electrons. The Kier molecular flexibility index (Phi) is 4.63. The molecule has 1 unspecified atom stereocenters. The van der Waals surface area contributed by atoms with Crippen molar-refractivity contribution >= 4 is 21.4 Å². The van der Waals surface area contributed by atoms with Crippen LogP contribution in [0.1, 0.15) is 30.5 Å². The van der Waals surface area contributed by atoms with E-state index in [1.165, 1.54) is 21.2 Å². The Hall–Kier alpha value is -1.71. The van der Waals surface area contributed by atoms with E-state index in [4.69, 9.17) is 0 Å². The third-order valence-electron chi connectivity index (χ3n) is 3.82. The van der Waals surface area contributed by atoms with Crippen molar-refractivity contribution in [1.82, 2.24) is 10.3 Å². The Morgan fingerprint density at radius 2 is 1.95 bits per heavy atom. The summed E-state index contributed by atoms with van der Waals surface area (Å²) in [5.74, 6) is 0. The molecular weight excluding hydrogens is 276 g/mol. The lowest BCUT2D eigenvalue weighted by Gasteiger charge is -2.13. The number of aromatic nitrogens is 1. The molecule has 0 aliphatic carbocycles. The van der Waals surface area contributed by atoms with Crippen molar-refractivity contribution in [1.29, 1.82) is 0 Å². The maximum absolute atomic E-state index is 4.05. The molecule has 0 radical (unpaired) electrons. The summed E-state index contributed by atoms with van der Waals surface area (Å²) in [5.41, 5.74) is 2.78. The highest BCUT2D eigenvalue weighted by Crippen LogP contribution is 2.29. The minimum absolute atomic E-state index is 0.401. The number of nitrogens with one attached hydrogen (secondary N) is 1. The van der Waals surface area contributed by atoms with Crippen molar-refractivity contribution in [2.24, 2.45) is 0 Å². The number of fused-ring (bicyclic) bond motifs is 1. The average molecular weight is 296 g/mol. The van der Waals surface area contributed by atoms with Crippen molar-refractivity contribution in [2.75, 3.05) is 6.54 Å². The number of hydrogen-bond donors (Lipinski definition) is 1. The lowest BCUT2D eigenvalue weighted by molar-refractivity contribution is 0.562. The largest absolute Gasteiger partial charge is 0.310 e. The molecule has 1 atom stereocenters. The second kappa shape index (κ2) is 6.83. The highest BCUT2D eigenvalue weighted by molar-refractivity contribution is 7.17. The molecule has 1 aromatic carbocycles. The fourth-order valence-electron chi connectivity index (χ4n) is 2.60. The van der Waals surface area contributed by atoms with Gasteiger partial charge in [-0.05, 0) is 66.4 Å². The molecule has 0 amide bonds. The summed E-state index contributed by atoms with van der Waals surface area (Å²) in [6.07, 6.45) is 5.98. The molecule has 0 bridgehead atoms. The highest BCUT2D eigenvalue weighted by atomic mass is 32.1. The molecular formula is C18H20N2S. The van der Waals surface area contributed by atoms with Gasteiger partial charge in [0.25, 0.3) is 0 Å². The van der Waals surface area contributed by atoms with Gasteiger partial charge in [-0.15, -0.1) is 11.3 Å². The summed E-state index contributed by atoms with van der Waals surface area (Å²) in [5, 5.41) is 7.31. The number of benzene rings is 1. The summed E-state index contributed by atoms with van der Waals surface area (Å²) in [7, 11) is 0. The quantitative estimate of drug-likeness (QED) is 0.673. The summed E-state index contributed by atoms with van der Waals surface area (Å²) in [6, 6.07) is 13.2. The van der Waals surface area contributed by atoms with Crippen molar-refractivity contribution < 1.29 is 0 Å². The molecule has 3 aromatic rings. The van der Waals surface area contributed by atoms with Gasteiger partial charge in [0.05, 0.1) is 0 Å². The van der Waals surface area contributed by atoms with Gasteiger partial charge < -0.3 is 5.32 Å². The summed E-state index contributed by atoms with van der Waals surface area (Å²) >= 11 is 1.83. The zero-order valence-corrected chi connectivity index (χ0v) is 13.1. The Balaban J connectivity index is 1.53. The van der Waals surface area contributed by atoms with Crippen LogP contribution >= 0.6 is 11.3 Å². The normalized spacial score (nSPS) is 12.6. The van der Waals surface area contributed by atoms with Gasteiger partial charge in [0.1, 0.15) is 0 Å². The molecule has 0 aliphatic heterocycles. The van der Waals surface area contributed by atoms with Crippen LogP contribution in [-0.2, 0) is 6.42 Å². The van der Waals surface area contributed by atoms with Gasteiger partial charge in [-0.25, -0.2) is 0 Å². The van der Waals surface area contributed by atoms with Gasteiger partial charge in [0.15, 0.2) is 0 Å². The second-order valence-corrected chi connectivity index (χ2v) is 6.23. The third-order valence-corrected chi connectivity index (χ3v) is 4.80. The molecule has 2 heterocycles. The molecule has 21 heavy (non-hydrogen) atoms. The van der Waals surface area contributed by atoms with E-state index in [1.54, 1.807) is 0 Å². The van der Waals surface area contributed by atoms with Crippen LogP contribution in [0.4, 0.5) is 0 Å². The Morgan fingerprint density at radius 3 is 2.81 bits per heavy atom. The number of rotatable bonds is 6. The van der Waals surface area contributed by atoms with Crippen LogP contribution in [0.15, 0.2) is 54.2 Å². The Labute approximate surface area is 129 Å². The first-order chi connectivity index (χ1) is 10.3. The molecule has 2 nitrogen and oxygen atoms in total. The summed E-state index contributed by atoms with van der Waals surface area (Å²) in [6.45, 7) is 3.29. The van der Waals surface area contributed by atoms with E-state index < -0.39 is 0 Å². The predicted molar refractivity (Wildman–Crippen MR) is 90.8 cm³/mol. The molecule has 3 rings (SSSR count). The Morgan fingerprint density at radius 1 is 1.14 bits per heavy atom. The van der Waals surface area contributed by atoms with E-state index in [9.17, 15) is 0 Å². The van der Waals surface area contributed by atoms with Gasteiger partial charge in [-0.1, -0.05) is 18.2 Å². The van der Waals surface area contributed by atoms with Crippen LogP contribution in [0.25, 0.3) is 10.1 Å². The summed E-state index contributed by atoms with van der Waals surface area (Å²) in [4.78, 5) is 4.05. The smallest absolute Gasteiger partial charge is 0.0346 e. The SMILES string of the molecule is CC(NCCCc1ccncc1)c1csc2ccccc12. The molecule has 2 aromatic heterocycles. The fraction of sp³-hybridized carbons (Fsp3) is 0.278. The molecule has 0 saturated carbocycles. The van der Waals surface area contributed by atoms with E-state index in [2.05, 4.69) is 59.0 Å². The van der Waals surface area contributed by atoms with E-state index in [0.717, 1.165) is 19.4 Å². The first-order valence-corrected chi connectivity index (χ1v) is 8.31. The third kappa shape index (κ3) is 3.49. The van der Waals surface area contributed by atoms with Crippen molar-refractivity contribution in [3.05, 3.63) is 65.3 Å². The zero-order valence-electron chi connectivity index (χ0n) is 12.3. The minimum Gasteiger partial charge on any atom is -0.310 e. The van der Waals surface area contributed by atoms with Gasteiger partial charge in [-0.3, -0.25) is 4.98 Å². The van der Waals surface area contributed by atoms with E-state index in [-0.39, 0.29) is 0 Å². The maximum atomic E-state index is 4.05.